The van der Waals surface area contributed by atoms with E-state index in [2.05, 4.69) is 69.8 Å². The molecule has 90 valence electrons. The van der Waals surface area contributed by atoms with E-state index in [1.54, 1.807) is 0 Å². The average Bonchev–Trinajstić information content (AvgIpc) is 3.13. The van der Waals surface area contributed by atoms with E-state index in [0.29, 0.717) is 4.48 Å². The van der Waals surface area contributed by atoms with Gasteiger partial charge in [0.1, 0.15) is 10.6 Å². The van der Waals surface area contributed by atoms with E-state index in [1.807, 2.05) is 30.3 Å². The van der Waals surface area contributed by atoms with Crippen molar-refractivity contribution in [2.24, 2.45) is 0 Å². The van der Waals surface area contributed by atoms with Crippen molar-refractivity contribution in [3.63, 3.8) is 0 Å². The van der Waals surface area contributed by atoms with Gasteiger partial charge in [-0.25, -0.2) is 0 Å². The quantitative estimate of drug-likeness (QED) is 0.441. The molecule has 1 aromatic carbocycles. The first kappa shape index (κ1) is 14.3. The molecule has 0 aromatic heterocycles. The molecule has 0 unspecified atom stereocenters. The molecular formula is C13H5Br4N. The molecular weight excluding hydrogens is 490 g/mol. The second-order valence-electron chi connectivity index (χ2n) is 3.49. The predicted molar refractivity (Wildman–Crippen MR) is 88.7 cm³/mol. The molecule has 5 heteroatoms. The SMILES string of the molecule is N#C/C(Br)=C1/C(=C(Br)Br)/C1=C(\Br)c1ccccc1. The molecule has 0 bridgehead atoms. The van der Waals surface area contributed by atoms with E-state index in [4.69, 9.17) is 5.26 Å². The molecule has 0 saturated heterocycles. The standard InChI is InChI=1S/C13H5Br4N/c14-8(6-18)9-10(11(9)13(16)17)12(15)7-4-2-1-3-5-7/h1-5H/b9-8-,12-10-. The van der Waals surface area contributed by atoms with Crippen molar-refractivity contribution in [1.82, 2.24) is 0 Å². The van der Waals surface area contributed by atoms with Crippen molar-refractivity contribution < 1.29 is 0 Å². The zero-order chi connectivity index (χ0) is 13.3. The van der Waals surface area contributed by atoms with Crippen LogP contribution < -0.4 is 0 Å². The van der Waals surface area contributed by atoms with Gasteiger partial charge in [0.05, 0.1) is 3.39 Å². The Morgan fingerprint density at radius 1 is 0.889 bits per heavy atom. The van der Waals surface area contributed by atoms with E-state index >= 15 is 0 Å². The second kappa shape index (κ2) is 5.87. The highest BCUT2D eigenvalue weighted by atomic mass is 79.9. The Balaban J connectivity index is 2.61. The van der Waals surface area contributed by atoms with Crippen LogP contribution in [0.15, 0.2) is 54.9 Å². The second-order valence-corrected chi connectivity index (χ2v) is 7.73. The molecule has 0 N–H and O–H groups in total. The summed E-state index contributed by atoms with van der Waals surface area (Å²) in [5.41, 5.74) is 4.06. The van der Waals surface area contributed by atoms with Crippen molar-refractivity contribution in [2.45, 2.75) is 0 Å². The van der Waals surface area contributed by atoms with Crippen LogP contribution in [0.1, 0.15) is 5.56 Å². The normalized spacial score (nSPS) is 19.2. The first-order valence-corrected chi connectivity index (χ1v) is 8.06. The summed E-state index contributed by atoms with van der Waals surface area (Å²) in [6.07, 6.45) is 0. The fourth-order valence-electron chi connectivity index (χ4n) is 1.60. The molecule has 18 heavy (non-hydrogen) atoms. The van der Waals surface area contributed by atoms with Gasteiger partial charge in [0.25, 0.3) is 0 Å². The molecule has 0 amide bonds. The smallest absolute Gasteiger partial charge is 0.107 e. The van der Waals surface area contributed by atoms with Crippen LogP contribution in [-0.4, -0.2) is 0 Å². The largest absolute Gasteiger partial charge is 0.192 e. The van der Waals surface area contributed by atoms with Crippen LogP contribution in [0, 0.1) is 11.3 Å². The topological polar surface area (TPSA) is 23.8 Å². The summed E-state index contributed by atoms with van der Waals surface area (Å²) in [7, 11) is 0. The number of nitriles is 1. The van der Waals surface area contributed by atoms with Crippen LogP contribution in [-0.2, 0) is 0 Å². The van der Waals surface area contributed by atoms with Gasteiger partial charge in [-0.1, -0.05) is 30.3 Å². The molecule has 0 heterocycles. The van der Waals surface area contributed by atoms with Gasteiger partial charge in [-0.05, 0) is 69.3 Å². The highest BCUT2D eigenvalue weighted by Crippen LogP contribution is 2.56. The summed E-state index contributed by atoms with van der Waals surface area (Å²) >= 11 is 13.7. The van der Waals surface area contributed by atoms with Crippen LogP contribution in [0.5, 0.6) is 0 Å². The fraction of sp³-hybridized carbons (Fsp3) is 0. The van der Waals surface area contributed by atoms with Gasteiger partial charge in [-0.3, -0.25) is 0 Å². The van der Waals surface area contributed by atoms with Crippen molar-refractivity contribution in [3.05, 3.63) is 60.5 Å². The lowest BCUT2D eigenvalue weighted by Gasteiger charge is -1.96. The molecule has 1 aliphatic rings. The van der Waals surface area contributed by atoms with E-state index in [-0.39, 0.29) is 0 Å². The van der Waals surface area contributed by atoms with Crippen molar-refractivity contribution in [1.29, 1.82) is 5.26 Å². The number of halogens is 4. The summed E-state index contributed by atoms with van der Waals surface area (Å²) in [4.78, 5) is 0. The van der Waals surface area contributed by atoms with Crippen LogP contribution in [0.4, 0.5) is 0 Å². The van der Waals surface area contributed by atoms with E-state index in [0.717, 1.165) is 30.2 Å². The van der Waals surface area contributed by atoms with E-state index in [1.165, 1.54) is 0 Å². The van der Waals surface area contributed by atoms with Crippen LogP contribution in [0.25, 0.3) is 4.48 Å². The van der Waals surface area contributed by atoms with E-state index < -0.39 is 0 Å². The summed E-state index contributed by atoms with van der Waals surface area (Å²) < 4.78 is 2.37. The van der Waals surface area contributed by atoms with E-state index in [9.17, 15) is 0 Å². The molecule has 0 aliphatic heterocycles. The highest BCUT2D eigenvalue weighted by molar-refractivity contribution is 9.28. The third-order valence-corrected chi connectivity index (χ3v) is 4.66. The zero-order valence-corrected chi connectivity index (χ0v) is 15.2. The Hall–Kier alpha value is -0.150. The van der Waals surface area contributed by atoms with Gasteiger partial charge in [0, 0.05) is 21.2 Å². The summed E-state index contributed by atoms with van der Waals surface area (Å²) in [5, 5.41) is 8.97. The summed E-state index contributed by atoms with van der Waals surface area (Å²) in [5.74, 6) is 0. The Morgan fingerprint density at radius 2 is 1.50 bits per heavy atom. The first-order valence-electron chi connectivity index (χ1n) is 4.89. The lowest BCUT2D eigenvalue weighted by molar-refractivity contribution is 1.53. The van der Waals surface area contributed by atoms with Crippen LogP contribution >= 0.6 is 63.7 Å². The van der Waals surface area contributed by atoms with Gasteiger partial charge < -0.3 is 0 Å². The van der Waals surface area contributed by atoms with Crippen LogP contribution in [0.2, 0.25) is 0 Å². The first-order chi connectivity index (χ1) is 8.57. The zero-order valence-electron chi connectivity index (χ0n) is 8.85. The lowest BCUT2D eigenvalue weighted by Crippen LogP contribution is -1.74. The van der Waals surface area contributed by atoms with Crippen molar-refractivity contribution in [3.8, 4) is 6.07 Å². The van der Waals surface area contributed by atoms with Crippen molar-refractivity contribution in [2.75, 3.05) is 0 Å². The highest BCUT2D eigenvalue weighted by Gasteiger charge is 2.38. The Labute approximate surface area is 139 Å². The maximum Gasteiger partial charge on any atom is 0.107 e. The molecule has 0 atom stereocenters. The molecule has 1 nitrogen and oxygen atoms in total. The minimum absolute atomic E-state index is 0.539. The van der Waals surface area contributed by atoms with Crippen LogP contribution in [0.3, 0.4) is 0 Å². The van der Waals surface area contributed by atoms with Gasteiger partial charge in [-0.2, -0.15) is 5.26 Å². The number of rotatable bonds is 1. The lowest BCUT2D eigenvalue weighted by atomic mass is 10.2. The minimum Gasteiger partial charge on any atom is -0.192 e. The fourth-order valence-corrected chi connectivity index (χ4v) is 3.45. The van der Waals surface area contributed by atoms with Crippen molar-refractivity contribution >= 4 is 68.2 Å². The molecule has 2 rings (SSSR count). The maximum absolute atomic E-state index is 8.97. The third-order valence-electron chi connectivity index (χ3n) is 2.44. The molecule has 0 spiro atoms. The average molecular weight is 495 g/mol. The molecule has 0 radical (unpaired) electrons. The minimum atomic E-state index is 0.539. The predicted octanol–water partition coefficient (Wildman–Crippen LogP) is 5.98. The number of hydrogen-bond donors (Lipinski definition) is 0. The van der Waals surface area contributed by atoms with Gasteiger partial charge >= 0.3 is 0 Å². The molecule has 1 saturated carbocycles. The summed E-state index contributed by atoms with van der Waals surface area (Å²) in [6.45, 7) is 0. The maximum atomic E-state index is 8.97. The third kappa shape index (κ3) is 2.72. The molecule has 1 fully saturated rings. The molecule has 1 aliphatic carbocycles. The monoisotopic (exact) mass is 491 g/mol. The van der Waals surface area contributed by atoms with Gasteiger partial charge in [0.15, 0.2) is 0 Å². The van der Waals surface area contributed by atoms with Gasteiger partial charge in [0.2, 0.25) is 0 Å². The number of allylic oxidation sites excluding steroid dienone is 4. The number of nitrogens with zero attached hydrogens (tertiary/aromatic N) is 1. The Kier molecular flexibility index (Phi) is 4.65. The number of hydrogen-bond acceptors (Lipinski definition) is 1. The Bertz CT molecular complexity index is 629. The Morgan fingerprint density at radius 3 is 2.00 bits per heavy atom. The summed E-state index contributed by atoms with van der Waals surface area (Å²) in [6, 6.07) is 12.1. The number of benzene rings is 1. The molecule has 1 aromatic rings. The van der Waals surface area contributed by atoms with Gasteiger partial charge in [-0.15, -0.1) is 0 Å².